The van der Waals surface area contributed by atoms with Gasteiger partial charge in [0.2, 0.25) is 5.91 Å². The molecule has 232 valence electrons. The van der Waals surface area contributed by atoms with Gasteiger partial charge in [0.15, 0.2) is 0 Å². The van der Waals surface area contributed by atoms with E-state index in [1.165, 1.54) is 6.08 Å². The van der Waals surface area contributed by atoms with Crippen LogP contribution in [-0.4, -0.2) is 55.9 Å². The smallest absolute Gasteiger partial charge is 0.248 e. The lowest BCUT2D eigenvalue weighted by Crippen LogP contribution is -2.19. The summed E-state index contributed by atoms with van der Waals surface area (Å²) in [5, 5.41) is 20.7. The van der Waals surface area contributed by atoms with Gasteiger partial charge in [0, 0.05) is 68.6 Å². The summed E-state index contributed by atoms with van der Waals surface area (Å²) >= 11 is 6.58. The Morgan fingerprint density at radius 2 is 2.13 bits per heavy atom. The molecule has 5 rings (SSSR count). The van der Waals surface area contributed by atoms with E-state index in [0.29, 0.717) is 76.5 Å². The number of nitrogens with zero attached hydrogens (tertiary/aromatic N) is 3. The number of halogens is 1. The molecule has 3 N–H and O–H groups in total. The van der Waals surface area contributed by atoms with E-state index in [-0.39, 0.29) is 12.5 Å². The van der Waals surface area contributed by atoms with Gasteiger partial charge in [0.05, 0.1) is 34.1 Å². The van der Waals surface area contributed by atoms with Gasteiger partial charge in [-0.2, -0.15) is 5.26 Å². The normalized spacial score (nSPS) is 14.5. The van der Waals surface area contributed by atoms with E-state index in [0.717, 1.165) is 30.7 Å². The lowest BCUT2D eigenvalue weighted by atomic mass is 9.95. The number of hydrogen-bond donors (Lipinski definition) is 3. The van der Waals surface area contributed by atoms with Crippen LogP contribution >= 0.6 is 11.6 Å². The van der Waals surface area contributed by atoms with Gasteiger partial charge in [-0.05, 0) is 66.8 Å². The monoisotopic (exact) mass is 626 g/mol. The van der Waals surface area contributed by atoms with Crippen LogP contribution < -0.4 is 20.7 Å². The van der Waals surface area contributed by atoms with Crippen molar-refractivity contribution in [3.63, 3.8) is 0 Å². The number of carbonyl (C=O) groups is 1. The first-order valence-corrected chi connectivity index (χ1v) is 15.1. The van der Waals surface area contributed by atoms with Crippen LogP contribution in [0.3, 0.4) is 0 Å². The molecular weight excluding hydrogens is 592 g/mol. The van der Waals surface area contributed by atoms with E-state index >= 15 is 0 Å². The topological polar surface area (TPSA) is 130 Å². The van der Waals surface area contributed by atoms with Crippen molar-refractivity contribution in [1.29, 1.82) is 5.26 Å². The molecule has 3 heterocycles. The maximum atomic E-state index is 13.0. The summed E-state index contributed by atoms with van der Waals surface area (Å²) in [6.45, 7) is 3.51. The molecule has 0 aliphatic carbocycles. The van der Waals surface area contributed by atoms with Crippen molar-refractivity contribution in [1.82, 2.24) is 15.3 Å². The molecule has 0 unspecified atom stereocenters. The number of amides is 1. The Morgan fingerprint density at radius 1 is 1.22 bits per heavy atom. The van der Waals surface area contributed by atoms with Crippen LogP contribution in [0.15, 0.2) is 73.1 Å². The number of nitriles is 1. The second-order valence-electron chi connectivity index (χ2n) is 10.6. The minimum absolute atomic E-state index is 0.251. The lowest BCUT2D eigenvalue weighted by Gasteiger charge is -2.18. The van der Waals surface area contributed by atoms with Gasteiger partial charge >= 0.3 is 0 Å². The second kappa shape index (κ2) is 16.0. The molecule has 0 spiro atoms. The van der Waals surface area contributed by atoms with Crippen LogP contribution in [0.4, 0.5) is 17.1 Å². The van der Waals surface area contributed by atoms with Gasteiger partial charge < -0.3 is 30.2 Å². The largest absolute Gasteiger partial charge is 0.486 e. The van der Waals surface area contributed by atoms with Gasteiger partial charge in [0.1, 0.15) is 18.4 Å². The van der Waals surface area contributed by atoms with Crippen molar-refractivity contribution in [2.45, 2.75) is 19.4 Å². The summed E-state index contributed by atoms with van der Waals surface area (Å²) in [6.07, 6.45) is 8.22. The number of aromatic nitrogens is 2. The Hall–Kier alpha value is -4.53. The molecule has 45 heavy (non-hydrogen) atoms. The molecule has 10 nitrogen and oxygen atoms in total. The maximum absolute atomic E-state index is 13.0. The van der Waals surface area contributed by atoms with Crippen LogP contribution in [0.5, 0.6) is 5.75 Å². The summed E-state index contributed by atoms with van der Waals surface area (Å²) in [7, 11) is 1.64. The first-order chi connectivity index (χ1) is 22.0. The van der Waals surface area contributed by atoms with Gasteiger partial charge in [-0.15, -0.1) is 0 Å². The van der Waals surface area contributed by atoms with E-state index in [9.17, 15) is 10.1 Å². The Balaban J connectivity index is 1.41. The van der Waals surface area contributed by atoms with Crippen molar-refractivity contribution in [3.05, 3.63) is 94.9 Å². The molecule has 1 atom stereocenters. The molecule has 0 radical (unpaired) electrons. The number of benzene rings is 2. The van der Waals surface area contributed by atoms with Crippen molar-refractivity contribution >= 4 is 45.5 Å². The Bertz CT molecular complexity index is 1690. The third-order valence-corrected chi connectivity index (χ3v) is 7.62. The first kappa shape index (κ1) is 31.9. The third kappa shape index (κ3) is 8.77. The Morgan fingerprint density at radius 3 is 2.89 bits per heavy atom. The van der Waals surface area contributed by atoms with Crippen LogP contribution in [-0.2, 0) is 27.3 Å². The van der Waals surface area contributed by atoms with Crippen LogP contribution in [0, 0.1) is 17.2 Å². The molecule has 0 saturated carbocycles. The molecule has 1 amide bonds. The summed E-state index contributed by atoms with van der Waals surface area (Å²) in [6, 6.07) is 17.1. The minimum atomic E-state index is -0.251. The van der Waals surface area contributed by atoms with Gasteiger partial charge in [-0.3, -0.25) is 14.8 Å². The maximum Gasteiger partial charge on any atom is 0.248 e. The van der Waals surface area contributed by atoms with Crippen molar-refractivity contribution in [2.24, 2.45) is 5.92 Å². The molecule has 1 fully saturated rings. The SMILES string of the molecule is COCCNC/C=C/C(=O)Nc1cc2c(Nc3ccc(OCc4ccccn4)c(Cl)c3)c(C#N)cnc2cc1C[C@H]1CCOC1. The summed E-state index contributed by atoms with van der Waals surface area (Å²) in [4.78, 5) is 21.8. The van der Waals surface area contributed by atoms with Gasteiger partial charge in [-0.25, -0.2) is 0 Å². The zero-order valence-corrected chi connectivity index (χ0v) is 25.8. The molecule has 4 aromatic rings. The van der Waals surface area contributed by atoms with Gasteiger partial charge in [0.25, 0.3) is 0 Å². The number of methoxy groups -OCH3 is 1. The predicted molar refractivity (Wildman–Crippen MR) is 175 cm³/mol. The highest BCUT2D eigenvalue weighted by molar-refractivity contribution is 6.32. The Labute approximate surface area is 267 Å². The van der Waals surface area contributed by atoms with E-state index in [1.54, 1.807) is 37.7 Å². The summed E-state index contributed by atoms with van der Waals surface area (Å²) < 4.78 is 16.5. The zero-order chi connectivity index (χ0) is 31.4. The highest BCUT2D eigenvalue weighted by atomic mass is 35.5. The number of rotatable bonds is 14. The van der Waals surface area contributed by atoms with E-state index in [2.05, 4.69) is 32.0 Å². The number of hydrogen-bond acceptors (Lipinski definition) is 9. The molecule has 2 aromatic carbocycles. The average Bonchev–Trinajstić information content (AvgIpc) is 3.56. The summed E-state index contributed by atoms with van der Waals surface area (Å²) in [5.41, 5.74) is 4.68. The van der Waals surface area contributed by atoms with Crippen LogP contribution in [0.25, 0.3) is 10.9 Å². The van der Waals surface area contributed by atoms with Crippen molar-refractivity contribution in [2.75, 3.05) is 50.7 Å². The fraction of sp³-hybridized carbons (Fsp3) is 0.294. The fourth-order valence-electron chi connectivity index (χ4n) is 5.02. The van der Waals surface area contributed by atoms with Gasteiger partial charge in [-0.1, -0.05) is 23.7 Å². The molecule has 11 heteroatoms. The molecule has 1 aliphatic rings. The van der Waals surface area contributed by atoms with Crippen molar-refractivity contribution < 1.29 is 19.0 Å². The fourth-order valence-corrected chi connectivity index (χ4v) is 5.25. The number of anilines is 3. The molecular formula is C34H35ClN6O4. The lowest BCUT2D eigenvalue weighted by molar-refractivity contribution is -0.111. The average molecular weight is 627 g/mol. The standard InChI is InChI=1S/C34H35ClN6O4/c1-43-14-12-37-10-4-6-33(42)41-30-18-28-31(16-24(30)15-23-9-13-44-21-23)39-20-25(19-36)34(28)40-26-7-8-32(29(35)17-26)45-22-27-5-2-3-11-38-27/h2-8,11,16-18,20,23,37H,9-10,12-15,21-22H2,1H3,(H,39,40)(H,41,42)/b6-4+/t23-/m1/s1. The van der Waals surface area contributed by atoms with E-state index < -0.39 is 0 Å². The van der Waals surface area contributed by atoms with Crippen LogP contribution in [0.2, 0.25) is 5.02 Å². The first-order valence-electron chi connectivity index (χ1n) is 14.7. The molecule has 0 bridgehead atoms. The third-order valence-electron chi connectivity index (χ3n) is 7.32. The molecule has 1 aliphatic heterocycles. The number of carbonyl (C=O) groups excluding carboxylic acids is 1. The van der Waals surface area contributed by atoms with Crippen LogP contribution in [0.1, 0.15) is 23.2 Å². The quantitative estimate of drug-likeness (QED) is 0.118. The molecule has 1 saturated heterocycles. The highest BCUT2D eigenvalue weighted by Crippen LogP contribution is 2.36. The number of fused-ring (bicyclic) bond motifs is 1. The molecule has 2 aromatic heterocycles. The number of ether oxygens (including phenoxy) is 3. The number of nitrogens with one attached hydrogen (secondary N) is 3. The highest BCUT2D eigenvalue weighted by Gasteiger charge is 2.20. The zero-order valence-electron chi connectivity index (χ0n) is 25.0. The minimum Gasteiger partial charge on any atom is -0.486 e. The number of pyridine rings is 2. The predicted octanol–water partition coefficient (Wildman–Crippen LogP) is 5.79. The summed E-state index contributed by atoms with van der Waals surface area (Å²) in [5.74, 6) is 0.606. The Kier molecular flexibility index (Phi) is 11.3. The van der Waals surface area contributed by atoms with E-state index in [4.69, 9.17) is 25.8 Å². The van der Waals surface area contributed by atoms with E-state index in [1.807, 2.05) is 36.4 Å². The second-order valence-corrected chi connectivity index (χ2v) is 11.0. The van der Waals surface area contributed by atoms with Crippen molar-refractivity contribution in [3.8, 4) is 11.8 Å².